The molecule has 6 N–H and O–H groups in total. The van der Waals surface area contributed by atoms with Gasteiger partial charge in [0.1, 0.15) is 29.4 Å². The van der Waals surface area contributed by atoms with Gasteiger partial charge in [-0.2, -0.15) is 0 Å². The zero-order valence-electron chi connectivity index (χ0n) is 48.7. The van der Waals surface area contributed by atoms with Gasteiger partial charge in [0, 0.05) is 65.1 Å². The Kier molecular flexibility index (Phi) is 22.5. The van der Waals surface area contributed by atoms with Crippen molar-refractivity contribution < 1.29 is 59.3 Å². The summed E-state index contributed by atoms with van der Waals surface area (Å²) in [5.41, 5.74) is 0.663. The number of aliphatic hydroxyl groups is 6. The number of hydrogen-bond acceptors (Lipinski definition) is 14. The quantitative estimate of drug-likeness (QED) is 0.0947. The van der Waals surface area contributed by atoms with Gasteiger partial charge in [-0.15, -0.1) is 0 Å². The predicted molar refractivity (Wildman–Crippen MR) is 304 cm³/mol. The fourth-order valence-electron chi connectivity index (χ4n) is 11.9. The Labute approximate surface area is 463 Å². The summed E-state index contributed by atoms with van der Waals surface area (Å²) in [7, 11) is 0. The van der Waals surface area contributed by atoms with Gasteiger partial charge in [-0.1, -0.05) is 125 Å². The Hall–Kier alpha value is -4.96. The highest BCUT2D eigenvalue weighted by Gasteiger charge is 2.49. The number of ketones is 2. The molecular weight excluding hydrogens is 989 g/mol. The Morgan fingerprint density at radius 1 is 0.615 bits per heavy atom. The van der Waals surface area contributed by atoms with Crippen molar-refractivity contribution in [2.45, 2.75) is 183 Å². The zero-order chi connectivity index (χ0) is 58.1. The standard InChI is InChI=1S/C33H47NO6.C31H45NO6/c1-19-17-32(7,38)24(6)21(3)20(2)22(4)31(37)40-28(33(8,39)30(36)23(5)29(19)35)15-11-12-25-16-26-13-9-10-14-27(26)34-18-25;1-17-14-18(2)28(34)21(5)30(36)22(6)31(37)38-26(19(3)29(35)20(4)27(17)33)13-9-10-23-15-24-11-7-8-12-25(24)32-16-23/h9-14,16,18-24,28,30,36,38-39H,15,17H2,1-8H3;7-8,11-12,15-22,26,28-30,34-36H,9-10,13-14H2,1-6H3/b12-11+;/t19-,20+,21+,22-,23+,24-,28-,30-,32-,33-;17-,18+,19+,20+,21-,22-,26-,28+,29+,30+/m11/s1. The number of Topliss-reactive ketones (excluding diaryl/α,β-unsaturated/α-hetero) is 2. The van der Waals surface area contributed by atoms with Gasteiger partial charge in [-0.3, -0.25) is 29.1 Å². The third kappa shape index (κ3) is 15.5. The normalized spacial score (nSPS) is 37.4. The average Bonchev–Trinajstić information content (AvgIpc) is 3.45. The first-order valence-corrected chi connectivity index (χ1v) is 28.5. The van der Waals surface area contributed by atoms with Gasteiger partial charge in [-0.05, 0) is 112 Å². The van der Waals surface area contributed by atoms with Crippen LogP contribution in [0.3, 0.4) is 0 Å². The molecule has 78 heavy (non-hydrogen) atoms. The van der Waals surface area contributed by atoms with Crippen LogP contribution < -0.4 is 0 Å². The molecule has 2 saturated heterocycles. The summed E-state index contributed by atoms with van der Waals surface area (Å²) in [4.78, 5) is 62.1. The molecule has 14 nitrogen and oxygen atoms in total. The first-order valence-electron chi connectivity index (χ1n) is 28.5. The number of cyclic esters (lactones) is 2. The topological polar surface area (TPSA) is 234 Å². The number of carbonyl (C=O) groups excluding carboxylic acids is 4. The highest BCUT2D eigenvalue weighted by atomic mass is 16.6. The summed E-state index contributed by atoms with van der Waals surface area (Å²) in [6.45, 7) is 24.7. The minimum atomic E-state index is -1.91. The highest BCUT2D eigenvalue weighted by molar-refractivity contribution is 5.84. The molecule has 2 aliphatic rings. The minimum Gasteiger partial charge on any atom is -0.462 e. The van der Waals surface area contributed by atoms with Crippen LogP contribution in [-0.4, -0.2) is 112 Å². The number of hydrogen-bond donors (Lipinski definition) is 6. The number of para-hydroxylation sites is 2. The second kappa shape index (κ2) is 27.5. The molecule has 0 aliphatic carbocycles. The van der Waals surface area contributed by atoms with Crippen molar-refractivity contribution in [2.24, 2.45) is 71.0 Å². The molecule has 6 rings (SSSR count). The van der Waals surface area contributed by atoms with Crippen LogP contribution in [0.25, 0.3) is 27.9 Å². The van der Waals surface area contributed by atoms with Crippen LogP contribution in [0.15, 0.2) is 79.1 Å². The van der Waals surface area contributed by atoms with E-state index < -0.39 is 101 Å². The third-order valence-electron chi connectivity index (χ3n) is 18.4. The van der Waals surface area contributed by atoms with Crippen molar-refractivity contribution in [1.82, 2.24) is 9.97 Å². The van der Waals surface area contributed by atoms with Gasteiger partial charge in [0.15, 0.2) is 0 Å². The molecule has 2 aromatic carbocycles. The smallest absolute Gasteiger partial charge is 0.311 e. The zero-order valence-corrected chi connectivity index (χ0v) is 48.7. The van der Waals surface area contributed by atoms with Crippen LogP contribution in [0.2, 0.25) is 0 Å². The van der Waals surface area contributed by atoms with Gasteiger partial charge in [0.2, 0.25) is 0 Å². The lowest BCUT2D eigenvalue weighted by molar-refractivity contribution is -0.191. The predicted octanol–water partition coefficient (Wildman–Crippen LogP) is 9.54. The molecule has 0 radical (unpaired) electrons. The number of aliphatic hydroxyl groups excluding tert-OH is 4. The number of fused-ring (bicyclic) bond motifs is 2. The maximum absolute atomic E-state index is 13.4. The monoisotopic (exact) mass is 1080 g/mol. The van der Waals surface area contributed by atoms with Crippen molar-refractivity contribution in [3.8, 4) is 0 Å². The van der Waals surface area contributed by atoms with E-state index in [4.69, 9.17) is 9.47 Å². The Balaban J connectivity index is 0.000000288. The molecule has 2 aliphatic heterocycles. The number of nitrogens with zero attached hydrogens (tertiary/aromatic N) is 2. The lowest BCUT2D eigenvalue weighted by Gasteiger charge is -2.42. The Morgan fingerprint density at radius 3 is 1.79 bits per heavy atom. The number of benzene rings is 2. The molecule has 20 atom stereocenters. The van der Waals surface area contributed by atoms with Gasteiger partial charge in [0.05, 0.1) is 52.9 Å². The molecule has 0 bridgehead atoms. The minimum absolute atomic E-state index is 0.0509. The van der Waals surface area contributed by atoms with E-state index in [0.29, 0.717) is 19.3 Å². The van der Waals surface area contributed by atoms with Crippen molar-refractivity contribution in [1.29, 1.82) is 0 Å². The summed E-state index contributed by atoms with van der Waals surface area (Å²) in [6, 6.07) is 19.8. The van der Waals surface area contributed by atoms with Crippen LogP contribution in [0.1, 0.15) is 140 Å². The molecule has 430 valence electrons. The van der Waals surface area contributed by atoms with Gasteiger partial charge in [0.25, 0.3) is 0 Å². The number of aryl methyl sites for hydroxylation is 1. The van der Waals surface area contributed by atoms with Gasteiger partial charge < -0.3 is 40.1 Å². The second-order valence-electron chi connectivity index (χ2n) is 24.3. The lowest BCUT2D eigenvalue weighted by atomic mass is 9.68. The van der Waals surface area contributed by atoms with E-state index in [1.54, 1.807) is 60.7 Å². The fourth-order valence-corrected chi connectivity index (χ4v) is 11.9. The molecular formula is C64H92N2O12. The third-order valence-corrected chi connectivity index (χ3v) is 18.4. The summed E-state index contributed by atoms with van der Waals surface area (Å²) in [5.74, 6) is -6.93. The Morgan fingerprint density at radius 2 is 1.17 bits per heavy atom. The number of ether oxygens (including phenoxy) is 2. The summed E-state index contributed by atoms with van der Waals surface area (Å²) < 4.78 is 11.9. The average molecular weight is 1080 g/mol. The van der Waals surface area contributed by atoms with E-state index in [1.165, 1.54) is 6.92 Å². The van der Waals surface area contributed by atoms with Crippen LogP contribution in [0.4, 0.5) is 0 Å². The van der Waals surface area contributed by atoms with Crippen molar-refractivity contribution in [2.75, 3.05) is 0 Å². The highest BCUT2D eigenvalue weighted by Crippen LogP contribution is 2.40. The molecule has 4 aromatic rings. The first kappa shape index (κ1) is 63.9. The van der Waals surface area contributed by atoms with Crippen molar-refractivity contribution in [3.63, 3.8) is 0 Å². The van der Waals surface area contributed by atoms with E-state index >= 15 is 0 Å². The fraction of sp³-hybridized carbons (Fsp3) is 0.625. The largest absolute Gasteiger partial charge is 0.462 e. The van der Waals surface area contributed by atoms with Gasteiger partial charge in [-0.25, -0.2) is 0 Å². The summed E-state index contributed by atoms with van der Waals surface area (Å²) >= 11 is 0. The maximum Gasteiger partial charge on any atom is 0.311 e. The van der Waals surface area contributed by atoms with E-state index in [-0.39, 0.29) is 54.0 Å². The number of rotatable bonds is 7. The maximum atomic E-state index is 13.4. The van der Waals surface area contributed by atoms with E-state index in [9.17, 15) is 49.8 Å². The first-order chi connectivity index (χ1) is 36.5. The van der Waals surface area contributed by atoms with Crippen molar-refractivity contribution >= 4 is 51.4 Å². The van der Waals surface area contributed by atoms with Crippen LogP contribution in [0.5, 0.6) is 0 Å². The van der Waals surface area contributed by atoms with E-state index in [2.05, 4.69) is 16.0 Å². The number of aromatic nitrogens is 2. The van der Waals surface area contributed by atoms with Crippen molar-refractivity contribution in [3.05, 3.63) is 90.3 Å². The van der Waals surface area contributed by atoms with Crippen LogP contribution in [0, 0.1) is 71.0 Å². The number of carbonyl (C=O) groups is 4. The van der Waals surface area contributed by atoms with Crippen LogP contribution >= 0.6 is 0 Å². The number of esters is 2. The molecule has 0 spiro atoms. The van der Waals surface area contributed by atoms with E-state index in [0.717, 1.165) is 39.4 Å². The number of pyridine rings is 2. The summed E-state index contributed by atoms with van der Waals surface area (Å²) in [5, 5.41) is 69.2. The second-order valence-corrected chi connectivity index (χ2v) is 24.3. The van der Waals surface area contributed by atoms with Gasteiger partial charge >= 0.3 is 11.9 Å². The molecule has 2 fully saturated rings. The molecule has 2 aromatic heterocycles. The molecule has 4 heterocycles. The van der Waals surface area contributed by atoms with Crippen LogP contribution in [-0.2, 0) is 35.1 Å². The van der Waals surface area contributed by atoms with E-state index in [1.807, 2.05) is 108 Å². The Bertz CT molecular complexity index is 2670. The molecule has 0 amide bonds. The SMILES string of the molecule is C[C@@H]1[C@@H](O)[C@@H](C)C[C@@H](C)C(=O)[C@H](C)[C@@H](O)[C@@H](C)[C@@H](CCCc2cnc3ccccc3c2)OC(=O)[C@H](C)[C@H]1O.C[C@H]1[C@H](C)[C@@H](C)C(=O)O[C@H](C/C=C/c2cnc3ccccc3c2)[C@@](C)(O)[C@H](O)[C@@H](C)C(=O)[C@H](C)C[C@@](C)(O)[C@@H]1C. The summed E-state index contributed by atoms with van der Waals surface area (Å²) in [6.07, 6.45) is 3.72. The molecule has 0 saturated carbocycles. The molecule has 0 unspecified atom stereocenters. The molecule has 14 heteroatoms. The lowest BCUT2D eigenvalue weighted by Crippen LogP contribution is -2.56.